The summed E-state index contributed by atoms with van der Waals surface area (Å²) in [6.07, 6.45) is 1.54. The lowest BCUT2D eigenvalue weighted by molar-refractivity contribution is -0.0564. The first-order valence-corrected chi connectivity index (χ1v) is 10.5. The number of nitrogens with one attached hydrogen (secondary N) is 1. The molecule has 2 amide bonds. The lowest BCUT2D eigenvalue weighted by Crippen LogP contribution is -2.65. The summed E-state index contributed by atoms with van der Waals surface area (Å²) in [7, 11) is 0. The SMILES string of the molecule is O=C(NCc1c(F)cc(F)cc1F)c1cn2c(c(O)c1=O)C(=O)N1[C@@H]3CC[C@@H](C[C@H]3F)[C@@H]1C2. The van der Waals surface area contributed by atoms with Gasteiger partial charge in [-0.2, -0.15) is 0 Å². The maximum Gasteiger partial charge on any atom is 0.275 e. The molecule has 4 heterocycles. The van der Waals surface area contributed by atoms with Gasteiger partial charge in [0.1, 0.15) is 29.2 Å². The van der Waals surface area contributed by atoms with Crippen LogP contribution in [-0.2, 0) is 13.1 Å². The largest absolute Gasteiger partial charge is 0.503 e. The zero-order valence-electron chi connectivity index (χ0n) is 17.2. The Morgan fingerprint density at radius 1 is 1.12 bits per heavy atom. The highest BCUT2D eigenvalue weighted by Gasteiger charge is 2.52. The van der Waals surface area contributed by atoms with Crippen LogP contribution in [0.4, 0.5) is 17.6 Å². The average molecular weight is 465 g/mol. The van der Waals surface area contributed by atoms with Crippen molar-refractivity contribution in [2.75, 3.05) is 0 Å². The van der Waals surface area contributed by atoms with Crippen molar-refractivity contribution in [1.82, 2.24) is 14.8 Å². The Balaban J connectivity index is 1.45. The minimum absolute atomic E-state index is 0.0784. The van der Waals surface area contributed by atoms with Crippen molar-refractivity contribution < 1.29 is 32.3 Å². The molecular weight excluding hydrogens is 446 g/mol. The number of carbonyl (C=O) groups excluding carboxylic acids is 2. The number of pyridine rings is 1. The van der Waals surface area contributed by atoms with Crippen LogP contribution in [-0.4, -0.2) is 44.6 Å². The Bertz CT molecular complexity index is 1220. The van der Waals surface area contributed by atoms with Crippen molar-refractivity contribution >= 4 is 11.8 Å². The highest BCUT2D eigenvalue weighted by Crippen LogP contribution is 2.44. The topological polar surface area (TPSA) is 91.6 Å². The number of rotatable bonds is 3. The predicted octanol–water partition coefficient (Wildman–Crippen LogP) is 2.25. The minimum atomic E-state index is -1.21. The van der Waals surface area contributed by atoms with Crippen LogP contribution in [0.25, 0.3) is 0 Å². The van der Waals surface area contributed by atoms with Gasteiger partial charge >= 0.3 is 0 Å². The summed E-state index contributed by atoms with van der Waals surface area (Å²) in [6.45, 7) is -0.500. The Morgan fingerprint density at radius 2 is 1.82 bits per heavy atom. The number of aromatic nitrogens is 1. The van der Waals surface area contributed by atoms with Crippen LogP contribution < -0.4 is 10.7 Å². The number of amides is 2. The van der Waals surface area contributed by atoms with Gasteiger partial charge in [0.2, 0.25) is 5.43 Å². The molecule has 0 radical (unpaired) electrons. The summed E-state index contributed by atoms with van der Waals surface area (Å²) in [4.78, 5) is 39.7. The second-order valence-corrected chi connectivity index (χ2v) is 8.69. The fourth-order valence-corrected chi connectivity index (χ4v) is 5.31. The highest BCUT2D eigenvalue weighted by molar-refractivity contribution is 5.99. The molecule has 2 saturated heterocycles. The average Bonchev–Trinajstić information content (AvgIpc) is 2.75. The van der Waals surface area contributed by atoms with Gasteiger partial charge in [0, 0.05) is 37.0 Å². The van der Waals surface area contributed by atoms with E-state index in [4.69, 9.17) is 0 Å². The highest BCUT2D eigenvalue weighted by atomic mass is 19.1. The molecule has 0 spiro atoms. The van der Waals surface area contributed by atoms with Crippen molar-refractivity contribution in [2.45, 2.75) is 50.6 Å². The molecule has 3 aliphatic heterocycles. The van der Waals surface area contributed by atoms with Gasteiger partial charge in [0.15, 0.2) is 11.4 Å². The number of fused-ring (bicyclic) bond motifs is 3. The summed E-state index contributed by atoms with van der Waals surface area (Å²) in [5.74, 6) is -6.25. The second kappa shape index (κ2) is 7.60. The van der Waals surface area contributed by atoms with Gasteiger partial charge in [-0.05, 0) is 25.2 Å². The van der Waals surface area contributed by atoms with Crippen LogP contribution in [0.2, 0.25) is 0 Å². The van der Waals surface area contributed by atoms with Crippen molar-refractivity contribution in [2.24, 2.45) is 5.92 Å². The Hall–Kier alpha value is -3.37. The molecule has 2 aromatic rings. The van der Waals surface area contributed by atoms with Gasteiger partial charge in [-0.15, -0.1) is 0 Å². The fourth-order valence-electron chi connectivity index (χ4n) is 5.31. The molecule has 2 N–H and O–H groups in total. The molecule has 11 heteroatoms. The molecule has 0 unspecified atom stereocenters. The number of hydrogen-bond donors (Lipinski definition) is 2. The summed E-state index contributed by atoms with van der Waals surface area (Å²) in [5, 5.41) is 12.6. The molecule has 4 aliphatic rings. The number of hydrogen-bond acceptors (Lipinski definition) is 4. The molecule has 33 heavy (non-hydrogen) atoms. The second-order valence-electron chi connectivity index (χ2n) is 8.69. The van der Waals surface area contributed by atoms with E-state index >= 15 is 0 Å². The maximum absolute atomic E-state index is 14.4. The zero-order valence-corrected chi connectivity index (χ0v) is 17.2. The summed E-state index contributed by atoms with van der Waals surface area (Å²) in [5.41, 5.74) is -2.57. The number of nitrogens with zero attached hydrogens (tertiary/aromatic N) is 2. The smallest absolute Gasteiger partial charge is 0.275 e. The summed E-state index contributed by atoms with van der Waals surface area (Å²) < 4.78 is 56.4. The maximum atomic E-state index is 14.4. The van der Waals surface area contributed by atoms with Crippen LogP contribution >= 0.6 is 0 Å². The van der Waals surface area contributed by atoms with E-state index < -0.39 is 70.3 Å². The minimum Gasteiger partial charge on any atom is -0.503 e. The van der Waals surface area contributed by atoms with Crippen molar-refractivity contribution in [1.29, 1.82) is 0 Å². The predicted molar refractivity (Wildman–Crippen MR) is 106 cm³/mol. The number of aromatic hydroxyl groups is 1. The third kappa shape index (κ3) is 3.28. The first-order valence-electron chi connectivity index (χ1n) is 10.5. The number of halogens is 4. The third-order valence-corrected chi connectivity index (χ3v) is 6.89. The monoisotopic (exact) mass is 465 g/mol. The number of benzene rings is 1. The Labute approximate surface area is 184 Å². The van der Waals surface area contributed by atoms with E-state index in [0.717, 1.165) is 12.6 Å². The van der Waals surface area contributed by atoms with Crippen molar-refractivity contribution in [3.05, 3.63) is 62.8 Å². The normalized spacial score (nSPS) is 25.6. The van der Waals surface area contributed by atoms with E-state index in [0.29, 0.717) is 25.0 Å². The molecule has 7 nitrogen and oxygen atoms in total. The van der Waals surface area contributed by atoms with Gasteiger partial charge in [0.25, 0.3) is 11.8 Å². The Kier molecular flexibility index (Phi) is 4.95. The zero-order chi connectivity index (χ0) is 23.6. The van der Waals surface area contributed by atoms with Gasteiger partial charge in [-0.25, -0.2) is 17.6 Å². The lowest BCUT2D eigenvalue weighted by atomic mass is 9.72. The van der Waals surface area contributed by atoms with Crippen LogP contribution in [0.15, 0.2) is 23.1 Å². The molecule has 1 aromatic carbocycles. The van der Waals surface area contributed by atoms with E-state index in [1.54, 1.807) is 0 Å². The molecular formula is C22H19F4N3O4. The molecule has 3 fully saturated rings. The van der Waals surface area contributed by atoms with Gasteiger partial charge < -0.3 is 19.9 Å². The molecule has 174 valence electrons. The number of carbonyl (C=O) groups is 2. The third-order valence-electron chi connectivity index (χ3n) is 6.89. The molecule has 6 rings (SSSR count). The van der Waals surface area contributed by atoms with Crippen LogP contribution in [0, 0.1) is 23.4 Å². The summed E-state index contributed by atoms with van der Waals surface area (Å²) in [6, 6.07) is -0.0156. The molecule has 1 aromatic heterocycles. The van der Waals surface area contributed by atoms with Crippen LogP contribution in [0.3, 0.4) is 0 Å². The Morgan fingerprint density at radius 3 is 2.48 bits per heavy atom. The quantitative estimate of drug-likeness (QED) is 0.681. The van der Waals surface area contributed by atoms with E-state index in [9.17, 15) is 37.1 Å². The van der Waals surface area contributed by atoms with Crippen LogP contribution in [0.1, 0.15) is 45.7 Å². The number of piperidine rings is 2. The van der Waals surface area contributed by atoms with Gasteiger partial charge in [-0.1, -0.05) is 0 Å². The van der Waals surface area contributed by atoms with Crippen molar-refractivity contribution in [3.63, 3.8) is 0 Å². The molecule has 2 bridgehead atoms. The first kappa shape index (κ1) is 21.5. The van der Waals surface area contributed by atoms with E-state index in [1.807, 2.05) is 0 Å². The number of alkyl halides is 1. The molecule has 4 atom stereocenters. The fraction of sp³-hybridized carbons (Fsp3) is 0.409. The standard InChI is InChI=1S/C22H19F4N3O4/c23-10-4-13(24)11(14(25)5-10)6-27-21(32)12-7-28-8-17-9-1-2-16(15(26)3-9)29(17)22(33)18(28)20(31)19(12)30/h4-5,7,9,15-17,31H,1-3,6,8H2,(H,27,32)/t9-,15+,16+,17-/m0/s1. The van der Waals surface area contributed by atoms with E-state index in [2.05, 4.69) is 5.32 Å². The first-order chi connectivity index (χ1) is 15.7. The molecule has 1 aliphatic carbocycles. The molecule has 1 saturated carbocycles. The van der Waals surface area contributed by atoms with Crippen molar-refractivity contribution in [3.8, 4) is 5.75 Å². The van der Waals surface area contributed by atoms with Crippen LogP contribution in [0.5, 0.6) is 5.75 Å². The van der Waals surface area contributed by atoms with E-state index in [-0.39, 0.29) is 24.2 Å². The lowest BCUT2D eigenvalue weighted by Gasteiger charge is -2.54. The van der Waals surface area contributed by atoms with Gasteiger partial charge in [0.05, 0.1) is 12.1 Å². The van der Waals surface area contributed by atoms with E-state index in [1.165, 1.54) is 9.47 Å². The van der Waals surface area contributed by atoms with Gasteiger partial charge in [-0.3, -0.25) is 14.4 Å². The summed E-state index contributed by atoms with van der Waals surface area (Å²) >= 11 is 0.